The molecule has 0 radical (unpaired) electrons. The molecule has 134 valence electrons. The minimum Gasteiger partial charge on any atom is -0.152 e. The highest BCUT2D eigenvalue weighted by Crippen LogP contribution is 2.35. The molecule has 0 amide bonds. The fraction of sp³-hybridized carbons (Fsp3) is 0.818. The molecule has 0 N–H and O–H groups in total. The molecule has 0 aromatic carbocycles. The Labute approximate surface area is 150 Å². The number of rotatable bonds is 12. The molecule has 1 heterocycles. The molecule has 0 aliphatic carbocycles. The Morgan fingerprint density at radius 3 is 1.87 bits per heavy atom. The summed E-state index contributed by atoms with van der Waals surface area (Å²) in [5.74, 6) is 0.812. The van der Waals surface area contributed by atoms with E-state index in [9.17, 15) is 0 Å². The first-order valence-corrected chi connectivity index (χ1v) is 11.0. The third-order valence-electron chi connectivity index (χ3n) is 4.75. The standard InChI is InChI=1S/C22H40S/c1-6-8-10-12-14-19(15-13-11-9-7-2)21-18-23-17-20(21)16-22(3,4)5/h17-19H,6-16H2,1-5H3. The highest BCUT2D eigenvalue weighted by Gasteiger charge is 2.20. The van der Waals surface area contributed by atoms with E-state index in [-0.39, 0.29) is 0 Å². The maximum Gasteiger partial charge on any atom is -0.00556 e. The zero-order valence-corrected chi connectivity index (χ0v) is 17.2. The molecule has 0 saturated heterocycles. The second-order valence-electron chi connectivity index (χ2n) is 8.49. The third-order valence-corrected chi connectivity index (χ3v) is 5.56. The number of unbranched alkanes of at least 4 members (excludes halogenated alkanes) is 6. The van der Waals surface area contributed by atoms with Crippen molar-refractivity contribution in [3.8, 4) is 0 Å². The third kappa shape index (κ3) is 8.94. The van der Waals surface area contributed by atoms with Crippen molar-refractivity contribution in [3.05, 3.63) is 21.9 Å². The van der Waals surface area contributed by atoms with Crippen LogP contribution in [0.1, 0.15) is 116 Å². The van der Waals surface area contributed by atoms with E-state index in [1.54, 1.807) is 11.1 Å². The first-order valence-electron chi connectivity index (χ1n) is 10.0. The van der Waals surface area contributed by atoms with Gasteiger partial charge in [0, 0.05) is 0 Å². The van der Waals surface area contributed by atoms with Crippen LogP contribution in [0.3, 0.4) is 0 Å². The lowest BCUT2D eigenvalue weighted by molar-refractivity contribution is 0.406. The maximum atomic E-state index is 2.46. The average molecular weight is 337 g/mol. The Hall–Kier alpha value is -0.300. The Morgan fingerprint density at radius 2 is 1.39 bits per heavy atom. The minimum atomic E-state index is 0.394. The molecule has 0 spiro atoms. The van der Waals surface area contributed by atoms with E-state index < -0.39 is 0 Å². The van der Waals surface area contributed by atoms with Gasteiger partial charge in [-0.1, -0.05) is 86.0 Å². The number of hydrogen-bond donors (Lipinski definition) is 0. The molecule has 0 bridgehead atoms. The summed E-state index contributed by atoms with van der Waals surface area (Å²) in [6, 6.07) is 0. The van der Waals surface area contributed by atoms with E-state index >= 15 is 0 Å². The fourth-order valence-electron chi connectivity index (χ4n) is 3.50. The maximum absolute atomic E-state index is 2.46. The van der Waals surface area contributed by atoms with Crippen LogP contribution in [0.4, 0.5) is 0 Å². The summed E-state index contributed by atoms with van der Waals surface area (Å²) < 4.78 is 0. The predicted molar refractivity (Wildman–Crippen MR) is 108 cm³/mol. The van der Waals surface area contributed by atoms with Crippen molar-refractivity contribution in [1.29, 1.82) is 0 Å². The zero-order chi connectivity index (χ0) is 17.1. The van der Waals surface area contributed by atoms with Crippen LogP contribution in [0.2, 0.25) is 0 Å². The highest BCUT2D eigenvalue weighted by molar-refractivity contribution is 7.08. The molecule has 23 heavy (non-hydrogen) atoms. The molecular formula is C22H40S. The van der Waals surface area contributed by atoms with Crippen molar-refractivity contribution < 1.29 is 0 Å². The summed E-state index contributed by atoms with van der Waals surface area (Å²) in [5, 5.41) is 4.89. The van der Waals surface area contributed by atoms with E-state index in [1.165, 1.54) is 70.6 Å². The van der Waals surface area contributed by atoms with Gasteiger partial charge in [-0.25, -0.2) is 0 Å². The topological polar surface area (TPSA) is 0 Å². The minimum absolute atomic E-state index is 0.394. The zero-order valence-electron chi connectivity index (χ0n) is 16.4. The van der Waals surface area contributed by atoms with E-state index in [0.717, 1.165) is 5.92 Å². The van der Waals surface area contributed by atoms with Gasteiger partial charge in [-0.05, 0) is 52.5 Å². The lowest BCUT2D eigenvalue weighted by Gasteiger charge is -2.22. The average Bonchev–Trinajstić information content (AvgIpc) is 2.91. The Bertz CT molecular complexity index is 384. The second kappa shape index (κ2) is 11.3. The fourth-order valence-corrected chi connectivity index (χ4v) is 4.44. The van der Waals surface area contributed by atoms with Crippen LogP contribution < -0.4 is 0 Å². The quantitative estimate of drug-likeness (QED) is 0.336. The van der Waals surface area contributed by atoms with E-state index in [2.05, 4.69) is 45.4 Å². The molecule has 1 aromatic rings. The predicted octanol–water partition coefficient (Wildman–Crippen LogP) is 8.36. The van der Waals surface area contributed by atoms with Crippen molar-refractivity contribution in [1.82, 2.24) is 0 Å². The summed E-state index contributed by atoms with van der Waals surface area (Å²) in [5.41, 5.74) is 3.72. The van der Waals surface area contributed by atoms with Gasteiger partial charge in [0.25, 0.3) is 0 Å². The van der Waals surface area contributed by atoms with Crippen LogP contribution in [0.25, 0.3) is 0 Å². The monoisotopic (exact) mass is 336 g/mol. The highest BCUT2D eigenvalue weighted by atomic mass is 32.1. The number of hydrogen-bond acceptors (Lipinski definition) is 1. The van der Waals surface area contributed by atoms with Gasteiger partial charge in [0.1, 0.15) is 0 Å². The van der Waals surface area contributed by atoms with Crippen molar-refractivity contribution in [2.75, 3.05) is 0 Å². The molecular weight excluding hydrogens is 296 g/mol. The first kappa shape index (κ1) is 20.7. The molecule has 0 aliphatic rings. The van der Waals surface area contributed by atoms with Crippen molar-refractivity contribution in [2.24, 2.45) is 5.41 Å². The molecule has 1 heteroatoms. The lowest BCUT2D eigenvalue weighted by Crippen LogP contribution is -2.11. The molecule has 1 rings (SSSR count). The smallest absolute Gasteiger partial charge is 0.00556 e. The summed E-state index contributed by atoms with van der Waals surface area (Å²) in [4.78, 5) is 0. The lowest BCUT2D eigenvalue weighted by atomic mass is 9.82. The largest absolute Gasteiger partial charge is 0.152 e. The van der Waals surface area contributed by atoms with Crippen LogP contribution >= 0.6 is 11.3 Å². The molecule has 0 nitrogen and oxygen atoms in total. The summed E-state index contributed by atoms with van der Waals surface area (Å²) in [6.07, 6.45) is 15.2. The normalized spacial score (nSPS) is 12.3. The number of thiophene rings is 1. The van der Waals surface area contributed by atoms with Crippen molar-refractivity contribution in [2.45, 2.75) is 111 Å². The van der Waals surface area contributed by atoms with E-state index in [1.807, 2.05) is 11.3 Å². The van der Waals surface area contributed by atoms with Gasteiger partial charge < -0.3 is 0 Å². The van der Waals surface area contributed by atoms with Gasteiger partial charge >= 0.3 is 0 Å². The van der Waals surface area contributed by atoms with E-state index in [0.29, 0.717) is 5.41 Å². The summed E-state index contributed by atoms with van der Waals surface area (Å²) in [7, 11) is 0. The molecule has 0 unspecified atom stereocenters. The molecule has 0 aliphatic heterocycles. The van der Waals surface area contributed by atoms with Gasteiger partial charge in [-0.2, -0.15) is 11.3 Å². The van der Waals surface area contributed by atoms with E-state index in [4.69, 9.17) is 0 Å². The second-order valence-corrected chi connectivity index (χ2v) is 9.23. The van der Waals surface area contributed by atoms with Gasteiger partial charge in [-0.15, -0.1) is 0 Å². The van der Waals surface area contributed by atoms with Crippen LogP contribution in [0.15, 0.2) is 10.8 Å². The Morgan fingerprint density at radius 1 is 0.826 bits per heavy atom. The SMILES string of the molecule is CCCCCCC(CCCCCC)c1cscc1CC(C)(C)C. The molecule has 0 fully saturated rings. The molecule has 1 aromatic heterocycles. The van der Waals surface area contributed by atoms with Crippen LogP contribution in [-0.2, 0) is 6.42 Å². The van der Waals surface area contributed by atoms with Crippen LogP contribution in [0, 0.1) is 5.41 Å². The van der Waals surface area contributed by atoms with Gasteiger partial charge in [-0.3, -0.25) is 0 Å². The van der Waals surface area contributed by atoms with Crippen LogP contribution in [0.5, 0.6) is 0 Å². The van der Waals surface area contributed by atoms with Gasteiger partial charge in [0.2, 0.25) is 0 Å². The van der Waals surface area contributed by atoms with Gasteiger partial charge in [0.15, 0.2) is 0 Å². The van der Waals surface area contributed by atoms with Crippen molar-refractivity contribution >= 4 is 11.3 Å². The first-order chi connectivity index (χ1) is 11.0. The Balaban J connectivity index is 2.67. The molecule has 0 atom stereocenters. The Kier molecular flexibility index (Phi) is 10.2. The summed E-state index contributed by atoms with van der Waals surface area (Å²) in [6.45, 7) is 11.7. The van der Waals surface area contributed by atoms with Crippen molar-refractivity contribution in [3.63, 3.8) is 0 Å². The van der Waals surface area contributed by atoms with Crippen LogP contribution in [-0.4, -0.2) is 0 Å². The van der Waals surface area contributed by atoms with Gasteiger partial charge in [0.05, 0.1) is 0 Å². The molecule has 0 saturated carbocycles. The summed E-state index contributed by atoms with van der Waals surface area (Å²) >= 11 is 1.92.